The number of nitrogens with one attached hydrogen (secondary N) is 1. The summed E-state index contributed by atoms with van der Waals surface area (Å²) in [4.78, 5) is 14.6. The van der Waals surface area contributed by atoms with E-state index in [0.29, 0.717) is 11.6 Å². The highest BCUT2D eigenvalue weighted by Crippen LogP contribution is 2.36. The summed E-state index contributed by atoms with van der Waals surface area (Å²) in [5.41, 5.74) is 2.17. The van der Waals surface area contributed by atoms with Crippen LogP contribution in [0.4, 0.5) is 5.69 Å². The molecule has 16 heavy (non-hydrogen) atoms. The lowest BCUT2D eigenvalue weighted by atomic mass is 10.2. The van der Waals surface area contributed by atoms with Crippen LogP contribution in [0, 0.1) is 0 Å². The molecule has 0 unspecified atom stereocenters. The van der Waals surface area contributed by atoms with Crippen molar-refractivity contribution in [1.29, 1.82) is 0 Å². The highest BCUT2D eigenvalue weighted by atomic mass is 32.2. The lowest BCUT2D eigenvalue weighted by Gasteiger charge is -2.27. The summed E-state index contributed by atoms with van der Waals surface area (Å²) >= 11 is 5.81. The number of rotatable bonds is 3. The maximum absolute atomic E-state index is 11.7. The first-order chi connectivity index (χ1) is 7.76. The molecule has 0 saturated heterocycles. The van der Waals surface area contributed by atoms with Crippen LogP contribution in [0.15, 0.2) is 23.1 Å². The molecule has 3 nitrogen and oxygen atoms in total. The number of hydrogen-bond acceptors (Lipinski definition) is 4. The Morgan fingerprint density at radius 3 is 3.06 bits per heavy atom. The minimum atomic E-state index is 0.133. The summed E-state index contributed by atoms with van der Waals surface area (Å²) in [6.45, 7) is 0.812. The predicted octanol–water partition coefficient (Wildman–Crippen LogP) is 1.73. The van der Waals surface area contributed by atoms with E-state index in [1.165, 1.54) is 5.56 Å². The van der Waals surface area contributed by atoms with Gasteiger partial charge in [-0.05, 0) is 24.7 Å². The van der Waals surface area contributed by atoms with Crippen LogP contribution in [-0.2, 0) is 11.3 Å². The van der Waals surface area contributed by atoms with E-state index in [9.17, 15) is 4.79 Å². The maximum atomic E-state index is 11.7. The summed E-state index contributed by atoms with van der Waals surface area (Å²) < 4.78 is 0. The molecule has 5 heteroatoms. The number of thiol groups is 1. The van der Waals surface area contributed by atoms with Gasteiger partial charge in [-0.2, -0.15) is 12.6 Å². The van der Waals surface area contributed by atoms with Gasteiger partial charge < -0.3 is 10.2 Å². The standard InChI is InChI=1S/C11H14N2OS2/c1-12-5-8-2-3-10-9(4-8)13(7-15)11(14)6-16-10/h2-4,12,15H,5-7H2,1H3. The van der Waals surface area contributed by atoms with Gasteiger partial charge in [0.05, 0.1) is 17.3 Å². The van der Waals surface area contributed by atoms with Gasteiger partial charge in [-0.15, -0.1) is 11.8 Å². The molecular formula is C11H14N2OS2. The third-order valence-electron chi connectivity index (χ3n) is 2.49. The number of benzene rings is 1. The maximum Gasteiger partial charge on any atom is 0.238 e. The van der Waals surface area contributed by atoms with Crippen LogP contribution in [0.3, 0.4) is 0 Å². The van der Waals surface area contributed by atoms with Gasteiger partial charge >= 0.3 is 0 Å². The van der Waals surface area contributed by atoms with Crippen molar-refractivity contribution < 1.29 is 4.79 Å². The van der Waals surface area contributed by atoms with Crippen LogP contribution in [0.1, 0.15) is 5.56 Å². The number of anilines is 1. The molecule has 0 aliphatic carbocycles. The number of hydrogen-bond donors (Lipinski definition) is 2. The smallest absolute Gasteiger partial charge is 0.238 e. The van der Waals surface area contributed by atoms with Crippen molar-refractivity contribution in [3.05, 3.63) is 23.8 Å². The lowest BCUT2D eigenvalue weighted by molar-refractivity contribution is -0.116. The van der Waals surface area contributed by atoms with Crippen molar-refractivity contribution in [1.82, 2.24) is 5.32 Å². The molecule has 0 spiro atoms. The van der Waals surface area contributed by atoms with Gasteiger partial charge in [-0.25, -0.2) is 0 Å². The number of carbonyl (C=O) groups excluding carboxylic acids is 1. The van der Waals surface area contributed by atoms with Crippen molar-refractivity contribution in [2.45, 2.75) is 11.4 Å². The largest absolute Gasteiger partial charge is 0.316 e. The Kier molecular flexibility index (Phi) is 3.78. The molecule has 1 heterocycles. The molecule has 0 radical (unpaired) electrons. The molecule has 86 valence electrons. The summed E-state index contributed by atoms with van der Waals surface area (Å²) in [6, 6.07) is 6.23. The molecule has 1 aliphatic rings. The Hall–Kier alpha value is -0.650. The fourth-order valence-electron chi connectivity index (χ4n) is 1.72. The molecule has 0 atom stereocenters. The average molecular weight is 254 g/mol. The molecule has 0 bridgehead atoms. The van der Waals surface area contributed by atoms with Crippen molar-refractivity contribution >= 4 is 36.0 Å². The fourth-order valence-corrected chi connectivity index (χ4v) is 2.94. The number of thioether (sulfide) groups is 1. The second kappa shape index (κ2) is 5.12. The number of fused-ring (bicyclic) bond motifs is 1. The van der Waals surface area contributed by atoms with Crippen LogP contribution >= 0.6 is 24.4 Å². The number of carbonyl (C=O) groups is 1. The Morgan fingerprint density at radius 1 is 1.56 bits per heavy atom. The van der Waals surface area contributed by atoms with Crippen LogP contribution < -0.4 is 10.2 Å². The van der Waals surface area contributed by atoms with Crippen LogP contribution in [-0.4, -0.2) is 24.6 Å². The molecule has 0 aromatic heterocycles. The Morgan fingerprint density at radius 2 is 2.38 bits per heavy atom. The summed E-state index contributed by atoms with van der Waals surface area (Å²) in [7, 11) is 1.91. The second-order valence-electron chi connectivity index (χ2n) is 3.58. The average Bonchev–Trinajstić information content (AvgIpc) is 2.29. The van der Waals surface area contributed by atoms with E-state index in [4.69, 9.17) is 0 Å². The minimum Gasteiger partial charge on any atom is -0.316 e. The summed E-state index contributed by atoms with van der Waals surface area (Å²) in [6.07, 6.45) is 0. The van der Waals surface area contributed by atoms with Crippen molar-refractivity contribution in [3.8, 4) is 0 Å². The van der Waals surface area contributed by atoms with E-state index in [1.54, 1.807) is 16.7 Å². The highest BCUT2D eigenvalue weighted by Gasteiger charge is 2.23. The molecule has 1 aromatic carbocycles. The SMILES string of the molecule is CNCc1ccc2c(c1)N(CS)C(=O)CS2. The van der Waals surface area contributed by atoms with Gasteiger partial charge in [-0.1, -0.05) is 6.07 Å². The lowest BCUT2D eigenvalue weighted by Crippen LogP contribution is -2.34. The summed E-state index contributed by atoms with van der Waals surface area (Å²) in [5.74, 6) is 1.09. The van der Waals surface area contributed by atoms with E-state index in [1.807, 2.05) is 7.05 Å². The van der Waals surface area contributed by atoms with Crippen LogP contribution in [0.5, 0.6) is 0 Å². The molecule has 1 N–H and O–H groups in total. The first-order valence-corrected chi connectivity index (χ1v) is 6.69. The van der Waals surface area contributed by atoms with Crippen LogP contribution in [0.25, 0.3) is 0 Å². The Labute approximate surface area is 105 Å². The van der Waals surface area contributed by atoms with Crippen molar-refractivity contribution in [2.24, 2.45) is 0 Å². The third kappa shape index (κ3) is 2.21. The van der Waals surface area contributed by atoms with E-state index in [0.717, 1.165) is 17.1 Å². The highest BCUT2D eigenvalue weighted by molar-refractivity contribution is 8.00. The first-order valence-electron chi connectivity index (χ1n) is 5.08. The second-order valence-corrected chi connectivity index (χ2v) is 4.88. The van der Waals surface area contributed by atoms with E-state index >= 15 is 0 Å². The van der Waals surface area contributed by atoms with Gasteiger partial charge in [-0.3, -0.25) is 4.79 Å². The van der Waals surface area contributed by atoms with Gasteiger partial charge in [0.2, 0.25) is 5.91 Å². The number of amides is 1. The molecule has 1 aromatic rings. The molecule has 1 amide bonds. The van der Waals surface area contributed by atoms with Crippen molar-refractivity contribution in [3.63, 3.8) is 0 Å². The van der Waals surface area contributed by atoms with Gasteiger partial charge in [0.25, 0.3) is 0 Å². The normalized spacial score (nSPS) is 15.1. The topological polar surface area (TPSA) is 32.3 Å². The zero-order valence-corrected chi connectivity index (χ0v) is 10.8. The monoisotopic (exact) mass is 254 g/mol. The van der Waals surface area contributed by atoms with E-state index in [2.05, 4.69) is 36.1 Å². The molecule has 1 aliphatic heterocycles. The zero-order valence-electron chi connectivity index (χ0n) is 9.06. The van der Waals surface area contributed by atoms with Gasteiger partial charge in [0, 0.05) is 11.4 Å². The van der Waals surface area contributed by atoms with Gasteiger partial charge in [0.1, 0.15) is 0 Å². The van der Waals surface area contributed by atoms with Crippen LogP contribution in [0.2, 0.25) is 0 Å². The molecule has 0 saturated carbocycles. The predicted molar refractivity (Wildman–Crippen MR) is 71.3 cm³/mol. The van der Waals surface area contributed by atoms with E-state index < -0.39 is 0 Å². The molecule has 2 rings (SSSR count). The first kappa shape index (κ1) is 11.8. The van der Waals surface area contributed by atoms with Crippen molar-refractivity contribution in [2.75, 3.05) is 23.6 Å². The quantitative estimate of drug-likeness (QED) is 0.806. The summed E-state index contributed by atoms with van der Waals surface area (Å²) in [5, 5.41) is 3.11. The number of nitrogens with zero attached hydrogens (tertiary/aromatic N) is 1. The zero-order chi connectivity index (χ0) is 11.5. The van der Waals surface area contributed by atoms with E-state index in [-0.39, 0.29) is 5.91 Å². The Bertz CT molecular complexity index is 409. The Balaban J connectivity index is 2.37. The fraction of sp³-hybridized carbons (Fsp3) is 0.364. The molecular weight excluding hydrogens is 240 g/mol. The minimum absolute atomic E-state index is 0.133. The van der Waals surface area contributed by atoms with Gasteiger partial charge in [0.15, 0.2) is 0 Å². The third-order valence-corrected chi connectivity index (χ3v) is 3.82. The molecule has 0 fully saturated rings.